The second-order valence-corrected chi connectivity index (χ2v) is 9.73. The Hall–Kier alpha value is -0.860. The van der Waals surface area contributed by atoms with Gasteiger partial charge in [-0.05, 0) is 31.7 Å². The van der Waals surface area contributed by atoms with Gasteiger partial charge < -0.3 is 15.4 Å². The van der Waals surface area contributed by atoms with E-state index in [4.69, 9.17) is 4.74 Å². The lowest BCUT2D eigenvalue weighted by molar-refractivity contribution is 0.0376. The van der Waals surface area contributed by atoms with Crippen LogP contribution in [-0.2, 0) is 14.6 Å². The van der Waals surface area contributed by atoms with Crippen LogP contribution in [-0.4, -0.2) is 83.8 Å². The third-order valence-corrected chi connectivity index (χ3v) is 5.15. The van der Waals surface area contributed by atoms with Crippen LogP contribution in [0.5, 0.6) is 0 Å². The molecule has 7 nitrogen and oxygen atoms in total. The number of ether oxygens (including phenoxy) is 1. The molecule has 8 heteroatoms. The molecule has 0 amide bonds. The molecule has 25 heavy (non-hydrogen) atoms. The average molecular weight is 377 g/mol. The number of rotatable bonds is 10. The number of hydrogen-bond donors (Lipinski definition) is 2. The first kappa shape index (κ1) is 22.2. The van der Waals surface area contributed by atoms with Crippen molar-refractivity contribution in [2.45, 2.75) is 33.6 Å². The number of nitrogens with zero attached hydrogens (tertiary/aromatic N) is 2. The van der Waals surface area contributed by atoms with Gasteiger partial charge in [-0.1, -0.05) is 13.8 Å². The maximum absolute atomic E-state index is 11.4. The summed E-state index contributed by atoms with van der Waals surface area (Å²) in [5.41, 5.74) is -0.140. The van der Waals surface area contributed by atoms with E-state index < -0.39 is 9.84 Å². The van der Waals surface area contributed by atoms with Crippen molar-refractivity contribution >= 4 is 15.8 Å². The number of morpholine rings is 1. The topological polar surface area (TPSA) is 83.0 Å². The van der Waals surface area contributed by atoms with Gasteiger partial charge in [0.1, 0.15) is 9.84 Å². The monoisotopic (exact) mass is 376 g/mol. The fourth-order valence-corrected chi connectivity index (χ4v) is 3.43. The van der Waals surface area contributed by atoms with Gasteiger partial charge in [0.15, 0.2) is 5.96 Å². The van der Waals surface area contributed by atoms with Gasteiger partial charge in [-0.3, -0.25) is 9.89 Å². The number of guanidine groups is 1. The van der Waals surface area contributed by atoms with Gasteiger partial charge in [-0.15, -0.1) is 0 Å². The fraction of sp³-hybridized carbons (Fsp3) is 0.941. The summed E-state index contributed by atoms with van der Waals surface area (Å²) in [7, 11) is -2.93. The van der Waals surface area contributed by atoms with Gasteiger partial charge in [-0.25, -0.2) is 8.42 Å². The molecule has 1 aliphatic heterocycles. The highest BCUT2D eigenvalue weighted by molar-refractivity contribution is 7.90. The summed E-state index contributed by atoms with van der Waals surface area (Å²) in [5, 5.41) is 6.62. The van der Waals surface area contributed by atoms with Crippen LogP contribution in [0.1, 0.15) is 33.6 Å². The van der Waals surface area contributed by atoms with Crippen molar-refractivity contribution in [3.05, 3.63) is 0 Å². The van der Waals surface area contributed by atoms with Gasteiger partial charge in [0, 0.05) is 39.0 Å². The molecule has 0 atom stereocenters. The highest BCUT2D eigenvalue weighted by atomic mass is 32.2. The zero-order valence-corrected chi connectivity index (χ0v) is 17.1. The maximum atomic E-state index is 11.4. The van der Waals surface area contributed by atoms with Crippen LogP contribution in [0.3, 0.4) is 0 Å². The van der Waals surface area contributed by atoms with Gasteiger partial charge in [0.2, 0.25) is 0 Å². The van der Waals surface area contributed by atoms with Crippen LogP contribution in [0.15, 0.2) is 4.99 Å². The van der Waals surface area contributed by atoms with Gasteiger partial charge in [0.05, 0.1) is 19.0 Å². The van der Waals surface area contributed by atoms with Gasteiger partial charge >= 0.3 is 0 Å². The zero-order chi connectivity index (χ0) is 18.8. The molecule has 1 aliphatic rings. The summed E-state index contributed by atoms with van der Waals surface area (Å²) in [6.45, 7) is 13.2. The molecule has 0 aromatic rings. The predicted molar refractivity (Wildman–Crippen MR) is 104 cm³/mol. The van der Waals surface area contributed by atoms with Crippen molar-refractivity contribution in [1.29, 1.82) is 0 Å². The zero-order valence-electron chi connectivity index (χ0n) is 16.3. The molecular weight excluding hydrogens is 340 g/mol. The van der Waals surface area contributed by atoms with E-state index in [-0.39, 0.29) is 11.2 Å². The summed E-state index contributed by atoms with van der Waals surface area (Å²) >= 11 is 0. The average Bonchev–Trinajstić information content (AvgIpc) is 2.55. The third kappa shape index (κ3) is 11.4. The molecule has 148 valence electrons. The summed E-state index contributed by atoms with van der Waals surface area (Å²) in [6, 6.07) is 0. The minimum absolute atomic E-state index is 0.140. The Morgan fingerprint density at radius 2 is 1.92 bits per heavy atom. The normalized spacial score (nSPS) is 17.5. The highest BCUT2D eigenvalue weighted by Crippen LogP contribution is 2.21. The highest BCUT2D eigenvalue weighted by Gasteiger charge is 2.20. The summed E-state index contributed by atoms with van der Waals surface area (Å²) in [5.74, 6) is 1.01. The molecule has 0 aliphatic carbocycles. The molecule has 1 rings (SSSR count). The Morgan fingerprint density at radius 3 is 2.52 bits per heavy atom. The molecule has 0 aromatic carbocycles. The lowest BCUT2D eigenvalue weighted by Crippen LogP contribution is -2.41. The quantitative estimate of drug-likeness (QED) is 0.332. The SMILES string of the molecule is CCNC(=NCC(C)(C)CCS(C)(=O)=O)NCCCN1CCOCC1. The fourth-order valence-electron chi connectivity index (χ4n) is 2.51. The summed E-state index contributed by atoms with van der Waals surface area (Å²) in [4.78, 5) is 7.06. The predicted octanol–water partition coefficient (Wildman–Crippen LogP) is 0.725. The van der Waals surface area contributed by atoms with E-state index in [1.54, 1.807) is 0 Å². The van der Waals surface area contributed by atoms with E-state index in [9.17, 15) is 8.42 Å². The molecule has 0 aromatic heterocycles. The minimum atomic E-state index is -2.93. The molecule has 0 radical (unpaired) electrons. The van der Waals surface area contributed by atoms with Crippen molar-refractivity contribution < 1.29 is 13.2 Å². The van der Waals surface area contributed by atoms with E-state index in [2.05, 4.69) is 34.4 Å². The van der Waals surface area contributed by atoms with E-state index in [1.807, 2.05) is 6.92 Å². The van der Waals surface area contributed by atoms with Crippen molar-refractivity contribution in [3.8, 4) is 0 Å². The van der Waals surface area contributed by atoms with Crippen LogP contribution >= 0.6 is 0 Å². The lowest BCUT2D eigenvalue weighted by Gasteiger charge is -2.26. The molecule has 0 bridgehead atoms. The van der Waals surface area contributed by atoms with Crippen LogP contribution in [0.4, 0.5) is 0 Å². The number of sulfone groups is 1. The van der Waals surface area contributed by atoms with Crippen LogP contribution in [0.2, 0.25) is 0 Å². The number of hydrogen-bond acceptors (Lipinski definition) is 5. The van der Waals surface area contributed by atoms with E-state index in [1.165, 1.54) is 6.26 Å². The van der Waals surface area contributed by atoms with E-state index >= 15 is 0 Å². The Labute approximate surface area is 153 Å². The Morgan fingerprint density at radius 1 is 1.24 bits per heavy atom. The van der Waals surface area contributed by atoms with Crippen LogP contribution < -0.4 is 10.6 Å². The molecule has 0 saturated carbocycles. The molecule has 0 spiro atoms. The molecule has 0 unspecified atom stereocenters. The van der Waals surface area contributed by atoms with Crippen LogP contribution in [0, 0.1) is 5.41 Å². The van der Waals surface area contributed by atoms with Gasteiger partial charge in [0.25, 0.3) is 0 Å². The molecular formula is C17H36N4O3S. The number of nitrogens with one attached hydrogen (secondary N) is 2. The van der Waals surface area contributed by atoms with Gasteiger partial charge in [-0.2, -0.15) is 0 Å². The third-order valence-electron chi connectivity index (χ3n) is 4.21. The minimum Gasteiger partial charge on any atom is -0.379 e. The van der Waals surface area contributed by atoms with E-state index in [0.717, 1.165) is 58.3 Å². The Kier molecular flexibility index (Phi) is 9.74. The van der Waals surface area contributed by atoms with Crippen molar-refractivity contribution in [2.24, 2.45) is 10.4 Å². The largest absolute Gasteiger partial charge is 0.379 e. The summed E-state index contributed by atoms with van der Waals surface area (Å²) in [6.07, 6.45) is 2.96. The van der Waals surface area contributed by atoms with E-state index in [0.29, 0.717) is 13.0 Å². The lowest BCUT2D eigenvalue weighted by atomic mass is 9.90. The maximum Gasteiger partial charge on any atom is 0.191 e. The smallest absolute Gasteiger partial charge is 0.191 e. The molecule has 2 N–H and O–H groups in total. The summed E-state index contributed by atoms with van der Waals surface area (Å²) < 4.78 is 28.1. The Bertz CT molecular complexity index is 500. The molecule has 1 heterocycles. The number of aliphatic imine (C=N–C) groups is 1. The second kappa shape index (κ2) is 11.0. The first-order valence-electron chi connectivity index (χ1n) is 9.22. The van der Waals surface area contributed by atoms with Crippen molar-refractivity contribution in [3.63, 3.8) is 0 Å². The first-order chi connectivity index (χ1) is 11.7. The standard InChI is InChI=1S/C17H36N4O3S/c1-5-18-16(19-8-6-9-21-10-12-24-13-11-21)20-15-17(2,3)7-14-25(4,22)23/h5-15H2,1-4H3,(H2,18,19,20). The molecule has 1 saturated heterocycles. The van der Waals surface area contributed by atoms with Crippen molar-refractivity contribution in [1.82, 2.24) is 15.5 Å². The van der Waals surface area contributed by atoms with Crippen molar-refractivity contribution in [2.75, 3.05) is 64.5 Å². The first-order valence-corrected chi connectivity index (χ1v) is 11.3. The Balaban J connectivity index is 2.36. The second-order valence-electron chi connectivity index (χ2n) is 7.47. The molecule has 1 fully saturated rings. The van der Waals surface area contributed by atoms with Crippen LogP contribution in [0.25, 0.3) is 0 Å².